The lowest BCUT2D eigenvalue weighted by Gasteiger charge is -2.37. The summed E-state index contributed by atoms with van der Waals surface area (Å²) in [6, 6.07) is 19.2. The molecule has 0 aromatic heterocycles. The number of nitrogens with one attached hydrogen (secondary N) is 1. The van der Waals surface area contributed by atoms with Crippen LogP contribution in [-0.4, -0.2) is 19.2 Å². The Morgan fingerprint density at radius 3 is 2.48 bits per heavy atom. The summed E-state index contributed by atoms with van der Waals surface area (Å²) < 4.78 is 6.92. The van der Waals surface area contributed by atoms with Gasteiger partial charge >= 0.3 is 0 Å². The molecule has 110 valence electrons. The zero-order chi connectivity index (χ0) is 14.5. The minimum Gasteiger partial charge on any atom is -0.492 e. The van der Waals surface area contributed by atoms with Crippen LogP contribution in [0.15, 0.2) is 59.1 Å². The molecule has 0 atom stereocenters. The van der Waals surface area contributed by atoms with E-state index in [9.17, 15) is 0 Å². The maximum atomic E-state index is 5.69. The average Bonchev–Trinajstić information content (AvgIpc) is 2.47. The molecule has 2 aromatic rings. The van der Waals surface area contributed by atoms with E-state index in [1.54, 1.807) is 0 Å². The van der Waals surface area contributed by atoms with Gasteiger partial charge in [0.05, 0.1) is 0 Å². The van der Waals surface area contributed by atoms with Crippen LogP contribution in [0.5, 0.6) is 5.75 Å². The predicted octanol–water partition coefficient (Wildman–Crippen LogP) is 4.36. The van der Waals surface area contributed by atoms with Gasteiger partial charge < -0.3 is 10.1 Å². The van der Waals surface area contributed by atoms with Gasteiger partial charge in [0.1, 0.15) is 12.4 Å². The van der Waals surface area contributed by atoms with Crippen LogP contribution in [0.2, 0.25) is 0 Å². The molecule has 0 bridgehead atoms. The highest BCUT2D eigenvalue weighted by Gasteiger charge is 2.30. The van der Waals surface area contributed by atoms with Crippen molar-refractivity contribution in [2.45, 2.75) is 24.8 Å². The highest BCUT2D eigenvalue weighted by Crippen LogP contribution is 2.39. The second-order valence-electron chi connectivity index (χ2n) is 5.50. The second-order valence-corrected chi connectivity index (χ2v) is 6.36. The minimum absolute atomic E-state index is 0.626. The molecule has 3 heteroatoms. The van der Waals surface area contributed by atoms with Crippen molar-refractivity contribution in [1.82, 2.24) is 5.32 Å². The van der Waals surface area contributed by atoms with Crippen LogP contribution >= 0.6 is 15.9 Å². The third-order valence-corrected chi connectivity index (χ3v) is 4.75. The second kappa shape index (κ2) is 7.10. The fourth-order valence-electron chi connectivity index (χ4n) is 2.79. The van der Waals surface area contributed by atoms with Gasteiger partial charge in [-0.1, -0.05) is 52.3 Å². The summed E-state index contributed by atoms with van der Waals surface area (Å²) in [5.74, 6) is 1.63. The molecule has 21 heavy (non-hydrogen) atoms. The quantitative estimate of drug-likeness (QED) is 0.785. The van der Waals surface area contributed by atoms with Gasteiger partial charge in [-0.15, -0.1) is 0 Å². The molecule has 1 saturated carbocycles. The van der Waals surface area contributed by atoms with E-state index in [0.29, 0.717) is 12.0 Å². The first-order valence-corrected chi connectivity index (χ1v) is 8.28. The summed E-state index contributed by atoms with van der Waals surface area (Å²) in [4.78, 5) is 0. The maximum absolute atomic E-state index is 5.69. The first-order valence-electron chi connectivity index (χ1n) is 7.48. The normalized spacial score (nSPS) is 20.8. The highest BCUT2D eigenvalue weighted by atomic mass is 79.9. The molecule has 0 saturated heterocycles. The van der Waals surface area contributed by atoms with Gasteiger partial charge in [-0.05, 0) is 42.5 Å². The summed E-state index contributed by atoms with van der Waals surface area (Å²) in [6.45, 7) is 1.63. The van der Waals surface area contributed by atoms with Crippen LogP contribution in [0.3, 0.4) is 0 Å². The van der Waals surface area contributed by atoms with Gasteiger partial charge in [0.25, 0.3) is 0 Å². The third-order valence-electron chi connectivity index (χ3n) is 4.03. The van der Waals surface area contributed by atoms with E-state index in [0.717, 1.165) is 18.9 Å². The fraction of sp³-hybridized carbons (Fsp3) is 0.333. The van der Waals surface area contributed by atoms with Gasteiger partial charge in [0.2, 0.25) is 0 Å². The zero-order valence-corrected chi connectivity index (χ0v) is 13.6. The molecule has 1 aliphatic carbocycles. The van der Waals surface area contributed by atoms with Crippen LogP contribution in [0.1, 0.15) is 24.3 Å². The maximum Gasteiger partial charge on any atom is 0.119 e. The first-order chi connectivity index (χ1) is 10.3. The molecule has 0 radical (unpaired) electrons. The number of rotatable bonds is 6. The van der Waals surface area contributed by atoms with Crippen molar-refractivity contribution in [2.24, 2.45) is 0 Å². The smallest absolute Gasteiger partial charge is 0.119 e. The molecule has 0 spiro atoms. The van der Waals surface area contributed by atoms with Crippen LogP contribution < -0.4 is 10.1 Å². The van der Waals surface area contributed by atoms with Crippen molar-refractivity contribution in [3.63, 3.8) is 0 Å². The third kappa shape index (κ3) is 3.86. The van der Waals surface area contributed by atoms with Gasteiger partial charge in [0.15, 0.2) is 0 Å². The Hall–Kier alpha value is -1.32. The standard InChI is InChI=1S/C18H20BrNO/c19-18-9-5-4-8-17(18)14-12-15(13-14)20-10-11-21-16-6-2-1-3-7-16/h1-9,14-15,20H,10-13H2. The molecule has 3 rings (SSSR count). The van der Waals surface area contributed by atoms with Crippen LogP contribution in [0, 0.1) is 0 Å². The van der Waals surface area contributed by atoms with Gasteiger partial charge in [-0.2, -0.15) is 0 Å². The number of halogens is 1. The largest absolute Gasteiger partial charge is 0.492 e. The minimum atomic E-state index is 0.626. The van der Waals surface area contributed by atoms with Crippen molar-refractivity contribution >= 4 is 15.9 Å². The lowest BCUT2D eigenvalue weighted by atomic mass is 9.76. The topological polar surface area (TPSA) is 21.3 Å². The fourth-order valence-corrected chi connectivity index (χ4v) is 3.40. The molecule has 1 N–H and O–H groups in total. The SMILES string of the molecule is Brc1ccccc1C1CC(NCCOc2ccccc2)C1. The molecule has 1 fully saturated rings. The average molecular weight is 346 g/mol. The van der Waals surface area contributed by atoms with E-state index >= 15 is 0 Å². The van der Waals surface area contributed by atoms with E-state index in [-0.39, 0.29) is 0 Å². The molecule has 2 aromatic carbocycles. The Labute approximate surface area is 134 Å². The highest BCUT2D eigenvalue weighted by molar-refractivity contribution is 9.10. The predicted molar refractivity (Wildman–Crippen MR) is 89.8 cm³/mol. The number of hydrogen-bond donors (Lipinski definition) is 1. The Balaban J connectivity index is 1.35. The van der Waals surface area contributed by atoms with Gasteiger partial charge in [0, 0.05) is 17.1 Å². The van der Waals surface area contributed by atoms with Crippen LogP contribution in [0.25, 0.3) is 0 Å². The van der Waals surface area contributed by atoms with E-state index in [4.69, 9.17) is 4.74 Å². The summed E-state index contributed by atoms with van der Waals surface area (Å²) in [7, 11) is 0. The Morgan fingerprint density at radius 2 is 1.71 bits per heavy atom. The summed E-state index contributed by atoms with van der Waals surface area (Å²) >= 11 is 3.64. The van der Waals surface area contributed by atoms with Gasteiger partial charge in [-0.3, -0.25) is 0 Å². The lowest BCUT2D eigenvalue weighted by Crippen LogP contribution is -2.41. The Kier molecular flexibility index (Phi) is 4.94. The summed E-state index contributed by atoms with van der Waals surface area (Å²) in [5.41, 5.74) is 1.44. The molecule has 0 aliphatic heterocycles. The van der Waals surface area contributed by atoms with E-state index in [2.05, 4.69) is 45.5 Å². The van der Waals surface area contributed by atoms with Gasteiger partial charge in [-0.25, -0.2) is 0 Å². The number of hydrogen-bond acceptors (Lipinski definition) is 2. The molecule has 0 unspecified atom stereocenters. The lowest BCUT2D eigenvalue weighted by molar-refractivity contribution is 0.255. The van der Waals surface area contributed by atoms with E-state index in [1.807, 2.05) is 30.3 Å². The number of ether oxygens (including phenoxy) is 1. The molecule has 2 nitrogen and oxygen atoms in total. The first kappa shape index (κ1) is 14.6. The van der Waals surface area contributed by atoms with E-state index in [1.165, 1.54) is 22.9 Å². The molecule has 1 aliphatic rings. The number of para-hydroxylation sites is 1. The summed E-state index contributed by atoms with van der Waals surface area (Å²) in [5, 5.41) is 3.57. The summed E-state index contributed by atoms with van der Waals surface area (Å²) in [6.07, 6.45) is 2.43. The van der Waals surface area contributed by atoms with Crippen molar-refractivity contribution < 1.29 is 4.74 Å². The van der Waals surface area contributed by atoms with Crippen LogP contribution in [-0.2, 0) is 0 Å². The Bertz CT molecular complexity index is 566. The molecule has 0 heterocycles. The number of benzene rings is 2. The monoisotopic (exact) mass is 345 g/mol. The van der Waals surface area contributed by atoms with Crippen molar-refractivity contribution in [3.8, 4) is 5.75 Å². The molecule has 0 amide bonds. The zero-order valence-electron chi connectivity index (χ0n) is 12.0. The van der Waals surface area contributed by atoms with Crippen molar-refractivity contribution in [1.29, 1.82) is 0 Å². The van der Waals surface area contributed by atoms with Crippen molar-refractivity contribution in [3.05, 3.63) is 64.6 Å². The molecular weight excluding hydrogens is 326 g/mol. The molecular formula is C18H20BrNO. The van der Waals surface area contributed by atoms with E-state index < -0.39 is 0 Å². The Morgan fingerprint density at radius 1 is 1.00 bits per heavy atom. The van der Waals surface area contributed by atoms with Crippen molar-refractivity contribution in [2.75, 3.05) is 13.2 Å². The van der Waals surface area contributed by atoms with Crippen LogP contribution in [0.4, 0.5) is 0 Å².